The number of alkyl halides is 2. The molecular formula is C11H14BrClO. The molecule has 0 spiro atoms. The first-order valence-electron chi connectivity index (χ1n) is 4.67. The van der Waals surface area contributed by atoms with Gasteiger partial charge in [-0.3, -0.25) is 0 Å². The summed E-state index contributed by atoms with van der Waals surface area (Å²) in [6.45, 7) is 0.0201. The third kappa shape index (κ3) is 3.99. The van der Waals surface area contributed by atoms with E-state index in [1.807, 2.05) is 18.2 Å². The van der Waals surface area contributed by atoms with Crippen LogP contribution in [0.2, 0.25) is 0 Å². The summed E-state index contributed by atoms with van der Waals surface area (Å²) in [7, 11) is 0. The molecule has 0 heterocycles. The molecule has 0 aliphatic heterocycles. The average molecular weight is 278 g/mol. The lowest BCUT2D eigenvalue weighted by molar-refractivity contribution is 0.289. The molecule has 0 fully saturated rings. The monoisotopic (exact) mass is 276 g/mol. The summed E-state index contributed by atoms with van der Waals surface area (Å²) in [5.74, 6) is 0. The number of aryl methyl sites for hydroxylation is 1. The van der Waals surface area contributed by atoms with Crippen molar-refractivity contribution in [3.05, 3.63) is 35.9 Å². The number of benzene rings is 1. The highest BCUT2D eigenvalue weighted by Crippen LogP contribution is 2.18. The quantitative estimate of drug-likeness (QED) is 0.821. The van der Waals surface area contributed by atoms with Crippen LogP contribution < -0.4 is 0 Å². The minimum absolute atomic E-state index is 0.0201. The Morgan fingerprint density at radius 2 is 1.93 bits per heavy atom. The van der Waals surface area contributed by atoms with E-state index in [1.165, 1.54) is 5.56 Å². The van der Waals surface area contributed by atoms with E-state index in [4.69, 9.17) is 16.7 Å². The van der Waals surface area contributed by atoms with Gasteiger partial charge in [-0.25, -0.2) is 0 Å². The maximum atomic E-state index is 8.84. The van der Waals surface area contributed by atoms with Crippen LogP contribution in [0, 0.1) is 0 Å². The predicted octanol–water partition coefficient (Wildman–Crippen LogP) is 2.98. The van der Waals surface area contributed by atoms with E-state index in [0.29, 0.717) is 0 Å². The number of hydrogen-bond acceptors (Lipinski definition) is 1. The van der Waals surface area contributed by atoms with Crippen molar-refractivity contribution in [3.63, 3.8) is 0 Å². The summed E-state index contributed by atoms with van der Waals surface area (Å²) in [5.41, 5.74) is 1.30. The molecule has 1 aromatic carbocycles. The van der Waals surface area contributed by atoms with Gasteiger partial charge in [-0.1, -0.05) is 46.3 Å². The summed E-state index contributed by atoms with van der Waals surface area (Å²) in [5, 5.41) is 8.64. The molecule has 1 unspecified atom stereocenters. The molecule has 0 radical (unpaired) electrons. The molecule has 1 aromatic rings. The first-order chi connectivity index (χ1) is 6.74. The summed E-state index contributed by atoms with van der Waals surface area (Å²) in [6, 6.07) is 10.3. The van der Waals surface area contributed by atoms with Crippen molar-refractivity contribution in [2.24, 2.45) is 0 Å². The SMILES string of the molecule is OC[C@H](Cl)C(Br)CCc1ccccc1. The molecule has 14 heavy (non-hydrogen) atoms. The van der Waals surface area contributed by atoms with Crippen molar-refractivity contribution < 1.29 is 5.11 Å². The molecule has 0 aliphatic carbocycles. The maximum absolute atomic E-state index is 8.84. The van der Waals surface area contributed by atoms with Crippen molar-refractivity contribution >= 4 is 27.5 Å². The van der Waals surface area contributed by atoms with Gasteiger partial charge in [0.05, 0.1) is 12.0 Å². The fourth-order valence-corrected chi connectivity index (χ4v) is 1.77. The third-order valence-electron chi connectivity index (χ3n) is 2.12. The Morgan fingerprint density at radius 1 is 1.29 bits per heavy atom. The van der Waals surface area contributed by atoms with Crippen LogP contribution in [0.15, 0.2) is 30.3 Å². The summed E-state index contributed by atoms with van der Waals surface area (Å²) in [6.07, 6.45) is 1.93. The largest absolute Gasteiger partial charge is 0.395 e. The molecule has 1 rings (SSSR count). The van der Waals surface area contributed by atoms with Crippen LogP contribution in [0.1, 0.15) is 12.0 Å². The third-order valence-corrected chi connectivity index (χ3v) is 3.96. The first-order valence-corrected chi connectivity index (χ1v) is 6.02. The standard InChI is InChI=1S/C11H14BrClO/c12-10(11(13)8-14)7-6-9-4-2-1-3-5-9/h1-5,10-11,14H,6-8H2/t10?,11-/m0/s1. The van der Waals surface area contributed by atoms with Crippen molar-refractivity contribution in [1.29, 1.82) is 0 Å². The molecular weight excluding hydrogens is 263 g/mol. The zero-order valence-corrected chi connectivity index (χ0v) is 10.2. The molecule has 0 bridgehead atoms. The summed E-state index contributed by atoms with van der Waals surface area (Å²) < 4.78 is 0. The molecule has 0 saturated carbocycles. The zero-order valence-electron chi connectivity index (χ0n) is 7.87. The van der Waals surface area contributed by atoms with Crippen molar-refractivity contribution in [2.75, 3.05) is 6.61 Å². The van der Waals surface area contributed by atoms with Crippen LogP contribution >= 0.6 is 27.5 Å². The number of aliphatic hydroxyl groups excluding tert-OH is 1. The fraction of sp³-hybridized carbons (Fsp3) is 0.455. The predicted molar refractivity (Wildman–Crippen MR) is 64.2 cm³/mol. The van der Waals surface area contributed by atoms with Gasteiger partial charge in [0.2, 0.25) is 0 Å². The van der Waals surface area contributed by atoms with E-state index in [1.54, 1.807) is 0 Å². The van der Waals surface area contributed by atoms with E-state index in [9.17, 15) is 0 Å². The Bertz CT molecular complexity index is 253. The molecule has 3 heteroatoms. The first kappa shape index (κ1) is 12.0. The van der Waals surface area contributed by atoms with E-state index in [2.05, 4.69) is 28.1 Å². The second kappa shape index (κ2) is 6.44. The van der Waals surface area contributed by atoms with E-state index in [0.717, 1.165) is 12.8 Å². The van der Waals surface area contributed by atoms with Crippen LogP contribution in [-0.4, -0.2) is 21.9 Å². The normalized spacial score (nSPS) is 15.1. The molecule has 2 atom stereocenters. The van der Waals surface area contributed by atoms with E-state index < -0.39 is 0 Å². The van der Waals surface area contributed by atoms with Crippen LogP contribution in [0.25, 0.3) is 0 Å². The number of halogens is 2. The second-order valence-electron chi connectivity index (χ2n) is 3.24. The maximum Gasteiger partial charge on any atom is 0.0692 e. The minimum Gasteiger partial charge on any atom is -0.395 e. The number of hydrogen-bond donors (Lipinski definition) is 1. The number of rotatable bonds is 5. The van der Waals surface area contributed by atoms with Gasteiger partial charge in [-0.05, 0) is 18.4 Å². The molecule has 1 N–H and O–H groups in total. The van der Waals surface area contributed by atoms with Gasteiger partial charge in [-0.2, -0.15) is 0 Å². The Labute approximate surface area is 98.2 Å². The Kier molecular flexibility index (Phi) is 5.53. The Hall–Kier alpha value is -0.0500. The molecule has 0 amide bonds. The van der Waals surface area contributed by atoms with Crippen LogP contribution in [0.3, 0.4) is 0 Å². The molecule has 1 nitrogen and oxygen atoms in total. The molecule has 0 saturated heterocycles. The highest BCUT2D eigenvalue weighted by atomic mass is 79.9. The Morgan fingerprint density at radius 3 is 2.50 bits per heavy atom. The number of aliphatic hydroxyl groups is 1. The van der Waals surface area contributed by atoms with Crippen molar-refractivity contribution in [3.8, 4) is 0 Å². The van der Waals surface area contributed by atoms with Crippen LogP contribution in [-0.2, 0) is 6.42 Å². The Balaban J connectivity index is 2.34. The highest BCUT2D eigenvalue weighted by molar-refractivity contribution is 9.09. The lowest BCUT2D eigenvalue weighted by atomic mass is 10.1. The fourth-order valence-electron chi connectivity index (χ4n) is 1.24. The topological polar surface area (TPSA) is 20.2 Å². The molecule has 0 aromatic heterocycles. The minimum atomic E-state index is -0.196. The lowest BCUT2D eigenvalue weighted by Gasteiger charge is -2.13. The summed E-state index contributed by atoms with van der Waals surface area (Å²) in [4.78, 5) is 0.175. The highest BCUT2D eigenvalue weighted by Gasteiger charge is 2.14. The molecule has 0 aliphatic rings. The van der Waals surface area contributed by atoms with E-state index in [-0.39, 0.29) is 16.8 Å². The van der Waals surface area contributed by atoms with Crippen molar-refractivity contribution in [2.45, 2.75) is 23.0 Å². The second-order valence-corrected chi connectivity index (χ2v) is 4.98. The molecule has 78 valence electrons. The zero-order chi connectivity index (χ0) is 10.4. The van der Waals surface area contributed by atoms with Gasteiger partial charge in [-0.15, -0.1) is 11.6 Å². The van der Waals surface area contributed by atoms with Gasteiger partial charge in [0.25, 0.3) is 0 Å². The smallest absolute Gasteiger partial charge is 0.0692 e. The van der Waals surface area contributed by atoms with E-state index >= 15 is 0 Å². The lowest BCUT2D eigenvalue weighted by Crippen LogP contribution is -2.19. The van der Waals surface area contributed by atoms with Gasteiger partial charge in [0.15, 0.2) is 0 Å². The van der Waals surface area contributed by atoms with Crippen LogP contribution in [0.5, 0.6) is 0 Å². The van der Waals surface area contributed by atoms with Crippen LogP contribution in [0.4, 0.5) is 0 Å². The van der Waals surface area contributed by atoms with Crippen molar-refractivity contribution in [1.82, 2.24) is 0 Å². The average Bonchev–Trinajstić information content (AvgIpc) is 2.26. The van der Waals surface area contributed by atoms with Gasteiger partial charge in [0, 0.05) is 4.83 Å². The van der Waals surface area contributed by atoms with Gasteiger partial charge >= 0.3 is 0 Å². The van der Waals surface area contributed by atoms with Gasteiger partial charge in [0.1, 0.15) is 0 Å². The van der Waals surface area contributed by atoms with Gasteiger partial charge < -0.3 is 5.11 Å². The summed E-state index contributed by atoms with van der Waals surface area (Å²) >= 11 is 9.35.